The lowest BCUT2D eigenvalue weighted by Crippen LogP contribution is -2.27. The molecule has 142 valence electrons. The summed E-state index contributed by atoms with van der Waals surface area (Å²) in [7, 11) is -3.57. The van der Waals surface area contributed by atoms with Crippen LogP contribution >= 0.6 is 0 Å². The maximum Gasteiger partial charge on any atom is 0.229 e. The lowest BCUT2D eigenvalue weighted by molar-refractivity contribution is 0.531. The van der Waals surface area contributed by atoms with E-state index in [0.717, 1.165) is 0 Å². The molecule has 1 aromatic heterocycles. The van der Waals surface area contributed by atoms with Gasteiger partial charge < -0.3 is 4.42 Å². The van der Waals surface area contributed by atoms with Crippen LogP contribution in [0.3, 0.4) is 0 Å². The third-order valence-electron chi connectivity index (χ3n) is 3.95. The van der Waals surface area contributed by atoms with Gasteiger partial charge in [0.2, 0.25) is 15.9 Å². The van der Waals surface area contributed by atoms with E-state index in [1.807, 2.05) is 0 Å². The smallest absolute Gasteiger partial charge is 0.229 e. The molecule has 8 heteroatoms. The lowest BCUT2D eigenvalue weighted by Gasteiger charge is -2.06. The summed E-state index contributed by atoms with van der Waals surface area (Å²) < 4.78 is 59.0. The third kappa shape index (κ3) is 4.99. The number of nitrogens with one attached hydrogen (secondary N) is 1. The topological polar surface area (TPSA) is 72.2 Å². The summed E-state index contributed by atoms with van der Waals surface area (Å²) >= 11 is 0. The van der Waals surface area contributed by atoms with Crippen molar-refractivity contribution >= 4 is 10.0 Å². The highest BCUT2D eigenvalue weighted by Gasteiger charge is 2.16. The molecule has 0 radical (unpaired) electrons. The number of hydrogen-bond donors (Lipinski definition) is 1. The molecule has 0 bridgehead atoms. The molecule has 0 fully saturated rings. The van der Waals surface area contributed by atoms with Crippen molar-refractivity contribution in [2.24, 2.45) is 0 Å². The lowest BCUT2D eigenvalue weighted by atomic mass is 10.2. The highest BCUT2D eigenvalue weighted by atomic mass is 32.2. The summed E-state index contributed by atoms with van der Waals surface area (Å²) in [6.07, 6.45) is 0.298. The molecule has 0 atom stereocenters. The molecular weight excluding hydrogens is 374 g/mol. The first-order valence-electron chi connectivity index (χ1n) is 8.27. The number of benzene rings is 2. The number of rotatable bonds is 7. The van der Waals surface area contributed by atoms with E-state index in [2.05, 4.69) is 9.71 Å². The number of halogens is 2. The van der Waals surface area contributed by atoms with Crippen LogP contribution in [0, 0.1) is 18.6 Å². The zero-order valence-electron chi connectivity index (χ0n) is 14.6. The number of oxazole rings is 1. The monoisotopic (exact) mass is 392 g/mol. The van der Waals surface area contributed by atoms with E-state index in [1.165, 1.54) is 30.3 Å². The molecule has 3 aromatic rings. The van der Waals surface area contributed by atoms with Gasteiger partial charge in [-0.1, -0.05) is 24.3 Å². The summed E-state index contributed by atoms with van der Waals surface area (Å²) in [6, 6.07) is 11.4. The molecular formula is C19H18F2N2O3S. The van der Waals surface area contributed by atoms with Crippen molar-refractivity contribution in [1.29, 1.82) is 0 Å². The fourth-order valence-electron chi connectivity index (χ4n) is 2.59. The second-order valence-corrected chi connectivity index (χ2v) is 7.84. The number of sulfonamides is 1. The Labute approximate surface area is 156 Å². The minimum Gasteiger partial charge on any atom is -0.441 e. The van der Waals surface area contributed by atoms with Crippen LogP contribution in [-0.4, -0.2) is 19.9 Å². The average molecular weight is 392 g/mol. The number of nitrogens with zero attached hydrogens (tertiary/aromatic N) is 1. The molecule has 0 aliphatic heterocycles. The number of aryl methyl sites for hydroxylation is 1. The maximum absolute atomic E-state index is 13.8. The Morgan fingerprint density at radius 2 is 1.78 bits per heavy atom. The van der Waals surface area contributed by atoms with Crippen LogP contribution in [0.15, 0.2) is 52.9 Å². The standard InChI is InChI=1S/C19H18F2N2O3S/c1-13-18(23-19(26-13)16-4-2-3-5-17(16)21)10-11-22-27(24,25)12-14-6-8-15(20)9-7-14/h2-9,22H,10-12H2,1H3. The Bertz CT molecular complexity index is 1030. The molecule has 5 nitrogen and oxygen atoms in total. The second-order valence-electron chi connectivity index (χ2n) is 6.03. The fraction of sp³-hybridized carbons (Fsp3) is 0.211. The van der Waals surface area contributed by atoms with Crippen LogP contribution in [0.4, 0.5) is 8.78 Å². The first-order chi connectivity index (χ1) is 12.8. The van der Waals surface area contributed by atoms with Gasteiger partial charge >= 0.3 is 0 Å². The van der Waals surface area contributed by atoms with Gasteiger partial charge in [-0.05, 0) is 36.8 Å². The predicted octanol–water partition coefficient (Wildman–Crippen LogP) is 3.59. The van der Waals surface area contributed by atoms with Gasteiger partial charge in [0.05, 0.1) is 17.0 Å². The minimum atomic E-state index is -3.57. The van der Waals surface area contributed by atoms with Gasteiger partial charge in [0, 0.05) is 13.0 Å². The van der Waals surface area contributed by atoms with Gasteiger partial charge in [-0.2, -0.15) is 0 Å². The second kappa shape index (κ2) is 7.98. The third-order valence-corrected chi connectivity index (χ3v) is 5.31. The highest BCUT2D eigenvalue weighted by molar-refractivity contribution is 7.88. The minimum absolute atomic E-state index is 0.119. The van der Waals surface area contributed by atoms with E-state index in [9.17, 15) is 17.2 Å². The van der Waals surface area contributed by atoms with Crippen molar-refractivity contribution in [3.63, 3.8) is 0 Å². The molecule has 27 heavy (non-hydrogen) atoms. The summed E-state index contributed by atoms with van der Waals surface area (Å²) in [5, 5.41) is 0. The molecule has 1 heterocycles. The summed E-state index contributed by atoms with van der Waals surface area (Å²) in [5.74, 6) is -0.437. The van der Waals surface area contributed by atoms with Crippen LogP contribution in [0.5, 0.6) is 0 Å². The molecule has 2 aromatic carbocycles. The van der Waals surface area contributed by atoms with Crippen LogP contribution in [-0.2, 0) is 22.2 Å². The van der Waals surface area contributed by atoms with E-state index >= 15 is 0 Å². The fourth-order valence-corrected chi connectivity index (χ4v) is 3.73. The Morgan fingerprint density at radius 3 is 2.48 bits per heavy atom. The van der Waals surface area contributed by atoms with Gasteiger partial charge in [0.15, 0.2) is 0 Å². The molecule has 0 saturated heterocycles. The first kappa shape index (κ1) is 19.2. The van der Waals surface area contributed by atoms with E-state index in [1.54, 1.807) is 25.1 Å². The summed E-state index contributed by atoms with van der Waals surface area (Å²) in [4.78, 5) is 4.27. The Kier molecular flexibility index (Phi) is 5.67. The van der Waals surface area contributed by atoms with Gasteiger partial charge in [0.1, 0.15) is 17.4 Å². The van der Waals surface area contributed by atoms with Crippen molar-refractivity contribution in [2.45, 2.75) is 19.1 Å². The van der Waals surface area contributed by atoms with E-state index < -0.39 is 21.7 Å². The Morgan fingerprint density at radius 1 is 1.07 bits per heavy atom. The molecule has 0 unspecified atom stereocenters. The first-order valence-corrected chi connectivity index (χ1v) is 9.92. The average Bonchev–Trinajstić information content (AvgIpc) is 2.98. The summed E-state index contributed by atoms with van der Waals surface area (Å²) in [6.45, 7) is 1.81. The largest absolute Gasteiger partial charge is 0.441 e. The predicted molar refractivity (Wildman–Crippen MR) is 97.4 cm³/mol. The van der Waals surface area contributed by atoms with Gasteiger partial charge in [-0.25, -0.2) is 26.9 Å². The number of hydrogen-bond acceptors (Lipinski definition) is 4. The quantitative estimate of drug-likeness (QED) is 0.667. The van der Waals surface area contributed by atoms with Crippen LogP contribution < -0.4 is 4.72 Å². The van der Waals surface area contributed by atoms with Crippen molar-refractivity contribution in [1.82, 2.24) is 9.71 Å². The molecule has 0 saturated carbocycles. The van der Waals surface area contributed by atoms with Gasteiger partial charge in [-0.15, -0.1) is 0 Å². The Hall–Kier alpha value is -2.58. The van der Waals surface area contributed by atoms with Crippen LogP contribution in [0.2, 0.25) is 0 Å². The van der Waals surface area contributed by atoms with Crippen molar-refractivity contribution in [3.8, 4) is 11.5 Å². The van der Waals surface area contributed by atoms with E-state index in [4.69, 9.17) is 4.42 Å². The number of aromatic nitrogens is 1. The van der Waals surface area contributed by atoms with Crippen molar-refractivity contribution in [3.05, 3.63) is 77.2 Å². The molecule has 0 aliphatic carbocycles. The maximum atomic E-state index is 13.8. The molecule has 1 N–H and O–H groups in total. The highest BCUT2D eigenvalue weighted by Crippen LogP contribution is 2.24. The van der Waals surface area contributed by atoms with Gasteiger partial charge in [0.25, 0.3) is 0 Å². The zero-order chi connectivity index (χ0) is 19.4. The summed E-state index contributed by atoms with van der Waals surface area (Å²) in [5.41, 5.74) is 1.30. The van der Waals surface area contributed by atoms with Crippen LogP contribution in [0.1, 0.15) is 17.0 Å². The molecule has 3 rings (SSSR count). The molecule has 0 spiro atoms. The Balaban J connectivity index is 1.62. The van der Waals surface area contributed by atoms with E-state index in [-0.39, 0.29) is 23.8 Å². The normalized spacial score (nSPS) is 11.7. The van der Waals surface area contributed by atoms with Crippen LogP contribution in [0.25, 0.3) is 11.5 Å². The van der Waals surface area contributed by atoms with Gasteiger partial charge in [-0.3, -0.25) is 0 Å². The van der Waals surface area contributed by atoms with Crippen molar-refractivity contribution in [2.75, 3.05) is 6.54 Å². The molecule has 0 amide bonds. The zero-order valence-corrected chi connectivity index (χ0v) is 15.4. The van der Waals surface area contributed by atoms with E-state index in [0.29, 0.717) is 23.4 Å². The molecule has 0 aliphatic rings. The SMILES string of the molecule is Cc1oc(-c2ccccc2F)nc1CCNS(=O)(=O)Cc1ccc(F)cc1. The van der Waals surface area contributed by atoms with Crippen molar-refractivity contribution < 1.29 is 21.6 Å².